The molecule has 4 rings (SSSR count). The second-order valence-electron chi connectivity index (χ2n) is 8.71. The highest BCUT2D eigenvalue weighted by atomic mass is 32.2. The highest BCUT2D eigenvalue weighted by Gasteiger charge is 2.29. The van der Waals surface area contributed by atoms with Crippen LogP contribution in [0.4, 0.5) is 5.00 Å². The van der Waals surface area contributed by atoms with E-state index >= 15 is 0 Å². The Hall–Kier alpha value is -3.07. The Morgan fingerprint density at radius 1 is 1.13 bits per heavy atom. The molecule has 2 heterocycles. The van der Waals surface area contributed by atoms with Crippen molar-refractivity contribution in [3.05, 3.63) is 39.0 Å². The third-order valence-electron chi connectivity index (χ3n) is 6.03. The van der Waals surface area contributed by atoms with Crippen molar-refractivity contribution in [1.29, 1.82) is 0 Å². The lowest BCUT2D eigenvalue weighted by atomic mass is 10.1. The zero-order chi connectivity index (χ0) is 28.2. The van der Waals surface area contributed by atoms with E-state index in [0.29, 0.717) is 36.7 Å². The number of rotatable bonds is 11. The van der Waals surface area contributed by atoms with Crippen LogP contribution in [-0.4, -0.2) is 69.7 Å². The SMILES string of the molecule is CCOCCn1c(=NC(=O)CS(=O)(=O)CC(=O)Nc2sc3c(c2C(=O)OC)CCC3)sc2cc(OC)ccc21. The fourth-order valence-electron chi connectivity index (χ4n) is 4.33. The molecule has 1 aliphatic carbocycles. The first-order valence-electron chi connectivity index (χ1n) is 12.2. The number of sulfone groups is 1. The van der Waals surface area contributed by atoms with Crippen LogP contribution >= 0.6 is 22.7 Å². The fraction of sp³-hybridized carbons (Fsp3) is 0.440. The molecule has 3 aromatic rings. The van der Waals surface area contributed by atoms with Gasteiger partial charge in [-0.1, -0.05) is 11.3 Å². The number of hydrogen-bond acceptors (Lipinski definition) is 10. The zero-order valence-electron chi connectivity index (χ0n) is 21.8. The lowest BCUT2D eigenvalue weighted by Gasteiger charge is -2.07. The van der Waals surface area contributed by atoms with E-state index in [-0.39, 0.29) is 10.6 Å². The molecule has 0 spiro atoms. The number of thiazole rings is 1. The van der Waals surface area contributed by atoms with E-state index < -0.39 is 39.1 Å². The number of carbonyl (C=O) groups excluding carboxylic acids is 3. The zero-order valence-corrected chi connectivity index (χ0v) is 24.2. The van der Waals surface area contributed by atoms with E-state index in [4.69, 9.17) is 14.2 Å². The van der Waals surface area contributed by atoms with E-state index in [0.717, 1.165) is 33.5 Å². The summed E-state index contributed by atoms with van der Waals surface area (Å²) in [4.78, 5) is 43.0. The van der Waals surface area contributed by atoms with Gasteiger partial charge in [0.25, 0.3) is 5.91 Å². The molecule has 2 amide bonds. The number of hydrogen-bond donors (Lipinski definition) is 1. The quantitative estimate of drug-likeness (QED) is 0.263. The maximum atomic E-state index is 12.7. The van der Waals surface area contributed by atoms with E-state index in [1.165, 1.54) is 29.8 Å². The van der Waals surface area contributed by atoms with Gasteiger partial charge < -0.3 is 24.1 Å². The predicted octanol–water partition coefficient (Wildman–Crippen LogP) is 2.57. The highest BCUT2D eigenvalue weighted by Crippen LogP contribution is 2.39. The summed E-state index contributed by atoms with van der Waals surface area (Å²) in [5.41, 5.74) is 1.90. The molecule has 1 aliphatic rings. The lowest BCUT2D eigenvalue weighted by Crippen LogP contribution is -2.28. The van der Waals surface area contributed by atoms with Crippen molar-refractivity contribution in [2.75, 3.05) is 44.3 Å². The average molecular weight is 596 g/mol. The molecule has 39 heavy (non-hydrogen) atoms. The number of benzene rings is 1. The topological polar surface area (TPSA) is 142 Å². The summed E-state index contributed by atoms with van der Waals surface area (Å²) in [6, 6.07) is 5.43. The van der Waals surface area contributed by atoms with Crippen molar-refractivity contribution in [2.45, 2.75) is 32.7 Å². The number of esters is 1. The van der Waals surface area contributed by atoms with Crippen LogP contribution in [0.5, 0.6) is 5.75 Å². The number of ether oxygens (including phenoxy) is 3. The normalized spacial score (nSPS) is 13.5. The summed E-state index contributed by atoms with van der Waals surface area (Å²) in [6.45, 7) is 3.19. The molecule has 0 unspecified atom stereocenters. The number of methoxy groups -OCH3 is 2. The van der Waals surface area contributed by atoms with Gasteiger partial charge in [0, 0.05) is 18.0 Å². The largest absolute Gasteiger partial charge is 0.497 e. The van der Waals surface area contributed by atoms with Crippen molar-refractivity contribution in [2.24, 2.45) is 4.99 Å². The van der Waals surface area contributed by atoms with Gasteiger partial charge in [-0.2, -0.15) is 4.99 Å². The van der Waals surface area contributed by atoms with Crippen LogP contribution in [0.15, 0.2) is 23.2 Å². The molecule has 0 fully saturated rings. The summed E-state index contributed by atoms with van der Waals surface area (Å²) < 4.78 is 43.6. The van der Waals surface area contributed by atoms with Gasteiger partial charge in [-0.15, -0.1) is 11.3 Å². The van der Waals surface area contributed by atoms with Gasteiger partial charge in [0.15, 0.2) is 14.6 Å². The van der Waals surface area contributed by atoms with Gasteiger partial charge in [-0.05, 0) is 49.9 Å². The molecule has 1 aromatic carbocycles. The van der Waals surface area contributed by atoms with Gasteiger partial charge in [-0.3, -0.25) is 9.59 Å². The minimum Gasteiger partial charge on any atom is -0.497 e. The van der Waals surface area contributed by atoms with Gasteiger partial charge in [0.1, 0.15) is 22.3 Å². The number of fused-ring (bicyclic) bond motifs is 2. The molecule has 0 aliphatic heterocycles. The molecule has 0 atom stereocenters. The number of nitrogens with zero attached hydrogens (tertiary/aromatic N) is 2. The van der Waals surface area contributed by atoms with Crippen molar-refractivity contribution < 1.29 is 37.0 Å². The minimum absolute atomic E-state index is 0.263. The van der Waals surface area contributed by atoms with Gasteiger partial charge in [-0.25, -0.2) is 13.2 Å². The molecule has 0 saturated heterocycles. The molecule has 0 bridgehead atoms. The number of amides is 2. The maximum absolute atomic E-state index is 12.7. The van der Waals surface area contributed by atoms with Gasteiger partial charge in [0.2, 0.25) is 5.91 Å². The maximum Gasteiger partial charge on any atom is 0.341 e. The monoisotopic (exact) mass is 595 g/mol. The van der Waals surface area contributed by atoms with Crippen molar-refractivity contribution in [1.82, 2.24) is 4.57 Å². The van der Waals surface area contributed by atoms with Crippen molar-refractivity contribution in [3.63, 3.8) is 0 Å². The van der Waals surface area contributed by atoms with Crippen LogP contribution in [0.1, 0.15) is 34.1 Å². The first-order chi connectivity index (χ1) is 18.7. The summed E-state index contributed by atoms with van der Waals surface area (Å²) >= 11 is 2.47. The molecular formula is C25H29N3O8S3. The summed E-state index contributed by atoms with van der Waals surface area (Å²) in [5.74, 6) is -3.54. The van der Waals surface area contributed by atoms with E-state index in [1.54, 1.807) is 17.7 Å². The standard InChI is InChI=1S/C25H29N3O8S3/c1-4-36-11-10-28-17-9-8-15(34-2)12-19(17)38-25(28)27-21(30)14-39(32,33)13-20(29)26-23-22(24(31)35-3)16-6-5-7-18(16)37-23/h8-9,12H,4-7,10-11,13-14H2,1-3H3,(H,26,29). The second kappa shape index (κ2) is 12.4. The molecule has 0 saturated carbocycles. The van der Waals surface area contributed by atoms with Crippen LogP contribution in [-0.2, 0) is 48.3 Å². The number of anilines is 1. The second-order valence-corrected chi connectivity index (χ2v) is 12.9. The number of thiophene rings is 1. The third kappa shape index (κ3) is 6.75. The number of carbonyl (C=O) groups is 3. The van der Waals surface area contributed by atoms with Gasteiger partial charge in [0.05, 0.1) is 36.6 Å². The Balaban J connectivity index is 1.50. The molecule has 210 valence electrons. The molecule has 0 radical (unpaired) electrons. The Morgan fingerprint density at radius 3 is 2.64 bits per heavy atom. The van der Waals surface area contributed by atoms with Crippen molar-refractivity contribution >= 4 is 65.5 Å². The minimum atomic E-state index is -4.14. The smallest absolute Gasteiger partial charge is 0.341 e. The Bertz CT molecular complexity index is 1580. The fourth-order valence-corrected chi connectivity index (χ4v) is 7.74. The number of nitrogens with one attached hydrogen (secondary N) is 1. The van der Waals surface area contributed by atoms with E-state index in [2.05, 4.69) is 10.3 Å². The van der Waals surface area contributed by atoms with Crippen molar-refractivity contribution in [3.8, 4) is 5.75 Å². The molecule has 11 nitrogen and oxygen atoms in total. The first-order valence-corrected chi connectivity index (χ1v) is 15.7. The molecular weight excluding hydrogens is 566 g/mol. The van der Waals surface area contributed by atoms with Crippen LogP contribution in [0.3, 0.4) is 0 Å². The lowest BCUT2D eigenvalue weighted by molar-refractivity contribution is -0.115. The van der Waals surface area contributed by atoms with Crippen LogP contribution < -0.4 is 14.9 Å². The van der Waals surface area contributed by atoms with Crippen LogP contribution in [0.2, 0.25) is 0 Å². The van der Waals surface area contributed by atoms with Crippen LogP contribution in [0.25, 0.3) is 10.2 Å². The van der Waals surface area contributed by atoms with Gasteiger partial charge >= 0.3 is 5.97 Å². The summed E-state index contributed by atoms with van der Waals surface area (Å²) in [6.07, 6.45) is 2.37. The van der Waals surface area contributed by atoms with E-state index in [9.17, 15) is 22.8 Å². The van der Waals surface area contributed by atoms with E-state index in [1.807, 2.05) is 19.1 Å². The molecule has 14 heteroatoms. The Labute approximate surface area is 233 Å². The average Bonchev–Trinajstić information content (AvgIpc) is 3.55. The summed E-state index contributed by atoms with van der Waals surface area (Å²) in [5, 5.41) is 2.79. The Kier molecular flexibility index (Phi) is 9.20. The molecule has 2 aromatic heterocycles. The first kappa shape index (κ1) is 28.9. The number of aryl methyl sites for hydroxylation is 1. The highest BCUT2D eigenvalue weighted by molar-refractivity contribution is 7.92. The number of aromatic nitrogens is 1. The summed E-state index contributed by atoms with van der Waals surface area (Å²) in [7, 11) is -1.34. The third-order valence-corrected chi connectivity index (χ3v) is 9.67. The predicted molar refractivity (Wildman–Crippen MR) is 148 cm³/mol. The molecule has 1 N–H and O–H groups in total. The Morgan fingerprint density at radius 2 is 1.92 bits per heavy atom. The van der Waals surface area contributed by atoms with Crippen LogP contribution in [0, 0.1) is 0 Å².